The summed E-state index contributed by atoms with van der Waals surface area (Å²) in [5.41, 5.74) is 12.9. The molecule has 3 rings (SSSR count). The first-order chi connectivity index (χ1) is 14.5. The Labute approximate surface area is 179 Å². The first-order valence-electron chi connectivity index (χ1n) is 11.1. The summed E-state index contributed by atoms with van der Waals surface area (Å²) >= 11 is 0. The van der Waals surface area contributed by atoms with Gasteiger partial charge in [0.25, 0.3) is 0 Å². The number of hydrazine groups is 1. The van der Waals surface area contributed by atoms with Gasteiger partial charge in [-0.3, -0.25) is 5.43 Å². The predicted octanol–water partition coefficient (Wildman–Crippen LogP) is 3.87. The maximum Gasteiger partial charge on any atom is 0.160 e. The Hall–Kier alpha value is -2.44. The second-order valence-electron chi connectivity index (χ2n) is 8.27. The molecule has 30 heavy (non-hydrogen) atoms. The fourth-order valence-electron chi connectivity index (χ4n) is 4.27. The predicted molar refractivity (Wildman–Crippen MR) is 121 cm³/mol. The lowest BCUT2D eigenvalue weighted by molar-refractivity contribution is 0.109. The highest BCUT2D eigenvalue weighted by atomic mass is 16.3. The summed E-state index contributed by atoms with van der Waals surface area (Å²) in [6.45, 7) is 4.00. The average Bonchev–Trinajstić information content (AvgIpc) is 2.75. The molecule has 0 aliphatic heterocycles. The summed E-state index contributed by atoms with van der Waals surface area (Å²) in [5, 5.41) is 31.9. The molecule has 6 heteroatoms. The number of phenols is 3. The van der Waals surface area contributed by atoms with E-state index in [1.165, 1.54) is 19.3 Å². The van der Waals surface area contributed by atoms with Gasteiger partial charge in [-0.05, 0) is 61.4 Å². The standard InChI is InChI=1S/C24H35N3O3/c1-2-3-4-5-14-27(26-13-12-17-6-10-22(28)21(25)15-17)19-8-9-20-18(16-19)7-11-23(29)24(20)30/h6-7,10-11,15,19,26,28-30H,2-5,8-9,12-14,16,25H2,1H3. The summed E-state index contributed by atoms with van der Waals surface area (Å²) in [5.74, 6) is 0.132. The van der Waals surface area contributed by atoms with Crippen LogP contribution in [0.4, 0.5) is 5.69 Å². The van der Waals surface area contributed by atoms with Crippen LogP contribution in [0.1, 0.15) is 55.7 Å². The lowest BCUT2D eigenvalue weighted by Gasteiger charge is -2.36. The van der Waals surface area contributed by atoms with Crippen LogP contribution >= 0.6 is 0 Å². The van der Waals surface area contributed by atoms with Gasteiger partial charge in [-0.15, -0.1) is 0 Å². The number of nitrogens with two attached hydrogens (primary N) is 1. The molecular weight excluding hydrogens is 378 g/mol. The molecule has 0 heterocycles. The van der Waals surface area contributed by atoms with E-state index in [0.29, 0.717) is 11.7 Å². The van der Waals surface area contributed by atoms with Crippen LogP contribution in [-0.4, -0.2) is 39.5 Å². The summed E-state index contributed by atoms with van der Waals surface area (Å²) in [4.78, 5) is 0. The normalized spacial score (nSPS) is 16.0. The van der Waals surface area contributed by atoms with Crippen molar-refractivity contribution in [2.45, 2.75) is 64.3 Å². The zero-order valence-electron chi connectivity index (χ0n) is 17.9. The molecule has 2 aromatic rings. The quantitative estimate of drug-likeness (QED) is 0.175. The summed E-state index contributed by atoms with van der Waals surface area (Å²) in [6, 6.07) is 9.26. The Morgan fingerprint density at radius 1 is 1.07 bits per heavy atom. The van der Waals surface area contributed by atoms with Gasteiger partial charge in [-0.1, -0.05) is 38.3 Å². The second-order valence-corrected chi connectivity index (χ2v) is 8.27. The molecule has 2 aromatic carbocycles. The van der Waals surface area contributed by atoms with Crippen molar-refractivity contribution in [2.75, 3.05) is 18.8 Å². The van der Waals surface area contributed by atoms with Gasteiger partial charge in [0.1, 0.15) is 5.75 Å². The number of nitrogens with one attached hydrogen (secondary N) is 1. The maximum atomic E-state index is 10.2. The van der Waals surface area contributed by atoms with Crippen molar-refractivity contribution in [1.82, 2.24) is 10.4 Å². The second kappa shape index (κ2) is 10.5. The van der Waals surface area contributed by atoms with Crippen molar-refractivity contribution >= 4 is 5.69 Å². The number of fused-ring (bicyclic) bond motifs is 1. The SMILES string of the molecule is CCCCCCN(NCCc1ccc(O)c(N)c1)C1CCc2c(ccc(O)c2O)C1. The molecule has 1 atom stereocenters. The summed E-state index contributed by atoms with van der Waals surface area (Å²) in [7, 11) is 0. The molecule has 0 fully saturated rings. The van der Waals surface area contributed by atoms with Gasteiger partial charge in [-0.25, -0.2) is 5.01 Å². The maximum absolute atomic E-state index is 10.2. The number of phenolic OH excluding ortho intramolecular Hbond substituents is 3. The van der Waals surface area contributed by atoms with Gasteiger partial charge in [-0.2, -0.15) is 0 Å². The van der Waals surface area contributed by atoms with E-state index in [1.54, 1.807) is 12.1 Å². The van der Waals surface area contributed by atoms with Crippen LogP contribution < -0.4 is 11.2 Å². The number of aromatic hydroxyl groups is 3. The number of rotatable bonds is 10. The molecule has 1 unspecified atom stereocenters. The van der Waals surface area contributed by atoms with E-state index >= 15 is 0 Å². The third kappa shape index (κ3) is 5.58. The average molecular weight is 414 g/mol. The van der Waals surface area contributed by atoms with Crippen molar-refractivity contribution in [2.24, 2.45) is 0 Å². The van der Waals surface area contributed by atoms with Gasteiger partial charge in [0.15, 0.2) is 11.5 Å². The van der Waals surface area contributed by atoms with Crippen molar-refractivity contribution in [3.05, 3.63) is 47.0 Å². The molecule has 0 radical (unpaired) electrons. The van der Waals surface area contributed by atoms with Crippen LogP contribution in [0.2, 0.25) is 0 Å². The molecule has 0 aromatic heterocycles. The largest absolute Gasteiger partial charge is 0.506 e. The lowest BCUT2D eigenvalue weighted by atomic mass is 9.87. The Morgan fingerprint density at radius 3 is 2.63 bits per heavy atom. The van der Waals surface area contributed by atoms with E-state index in [9.17, 15) is 15.3 Å². The molecule has 0 spiro atoms. The number of benzene rings is 2. The van der Waals surface area contributed by atoms with Crippen LogP contribution in [0, 0.1) is 0 Å². The van der Waals surface area contributed by atoms with Crippen molar-refractivity contribution in [1.29, 1.82) is 0 Å². The first kappa shape index (κ1) is 22.2. The number of nitrogens with zero attached hydrogens (tertiary/aromatic N) is 1. The number of hydrogen-bond acceptors (Lipinski definition) is 6. The van der Waals surface area contributed by atoms with Gasteiger partial charge < -0.3 is 21.1 Å². The minimum atomic E-state index is -0.0325. The smallest absolute Gasteiger partial charge is 0.160 e. The van der Waals surface area contributed by atoms with Crippen molar-refractivity contribution < 1.29 is 15.3 Å². The number of nitrogen functional groups attached to an aromatic ring is 1. The van der Waals surface area contributed by atoms with E-state index in [0.717, 1.165) is 61.9 Å². The zero-order chi connectivity index (χ0) is 21.5. The highest BCUT2D eigenvalue weighted by molar-refractivity contribution is 5.53. The fourth-order valence-corrected chi connectivity index (χ4v) is 4.27. The van der Waals surface area contributed by atoms with E-state index in [-0.39, 0.29) is 17.2 Å². The van der Waals surface area contributed by atoms with Crippen LogP contribution in [0.3, 0.4) is 0 Å². The Bertz CT molecular complexity index is 841. The Balaban J connectivity index is 1.62. The number of hydrogen-bond donors (Lipinski definition) is 5. The topological polar surface area (TPSA) is 102 Å². The van der Waals surface area contributed by atoms with Crippen LogP contribution in [0.5, 0.6) is 17.2 Å². The van der Waals surface area contributed by atoms with Gasteiger partial charge in [0.05, 0.1) is 5.69 Å². The summed E-state index contributed by atoms with van der Waals surface area (Å²) < 4.78 is 0. The molecule has 0 saturated heterocycles. The van der Waals surface area contributed by atoms with Gasteiger partial charge >= 0.3 is 0 Å². The zero-order valence-corrected chi connectivity index (χ0v) is 17.9. The lowest BCUT2D eigenvalue weighted by Crippen LogP contribution is -2.49. The van der Waals surface area contributed by atoms with Crippen LogP contribution in [-0.2, 0) is 19.3 Å². The van der Waals surface area contributed by atoms with Gasteiger partial charge in [0.2, 0.25) is 0 Å². The highest BCUT2D eigenvalue weighted by Gasteiger charge is 2.26. The molecule has 164 valence electrons. The molecule has 0 amide bonds. The molecule has 0 bridgehead atoms. The minimum Gasteiger partial charge on any atom is -0.506 e. The van der Waals surface area contributed by atoms with Crippen molar-refractivity contribution in [3.8, 4) is 17.2 Å². The molecular formula is C24H35N3O3. The Kier molecular flexibility index (Phi) is 7.82. The minimum absolute atomic E-state index is 0.0325. The molecule has 0 saturated carbocycles. The van der Waals surface area contributed by atoms with Gasteiger partial charge in [0, 0.05) is 24.7 Å². The molecule has 1 aliphatic rings. The molecule has 1 aliphatic carbocycles. The third-order valence-corrected chi connectivity index (χ3v) is 6.06. The monoisotopic (exact) mass is 413 g/mol. The fraction of sp³-hybridized carbons (Fsp3) is 0.500. The molecule has 6 nitrogen and oxygen atoms in total. The molecule has 6 N–H and O–H groups in total. The van der Waals surface area contributed by atoms with Crippen LogP contribution in [0.15, 0.2) is 30.3 Å². The van der Waals surface area contributed by atoms with E-state index in [1.807, 2.05) is 18.2 Å². The van der Waals surface area contributed by atoms with Crippen LogP contribution in [0.25, 0.3) is 0 Å². The number of unbranched alkanes of at least 4 members (excludes halogenated alkanes) is 3. The summed E-state index contributed by atoms with van der Waals surface area (Å²) in [6.07, 6.45) is 8.23. The van der Waals surface area contributed by atoms with E-state index in [4.69, 9.17) is 5.73 Å². The number of anilines is 1. The highest BCUT2D eigenvalue weighted by Crippen LogP contribution is 2.36. The van der Waals surface area contributed by atoms with E-state index < -0.39 is 0 Å². The van der Waals surface area contributed by atoms with E-state index in [2.05, 4.69) is 17.4 Å². The Morgan fingerprint density at radius 2 is 1.87 bits per heavy atom. The first-order valence-corrected chi connectivity index (χ1v) is 11.1. The van der Waals surface area contributed by atoms with Crippen molar-refractivity contribution in [3.63, 3.8) is 0 Å². The third-order valence-electron chi connectivity index (χ3n) is 6.06.